The first-order valence-electron chi connectivity index (χ1n) is 6.18. The van der Waals surface area contributed by atoms with E-state index in [1.807, 2.05) is 6.92 Å². The highest BCUT2D eigenvalue weighted by molar-refractivity contribution is 6.55. The van der Waals surface area contributed by atoms with Crippen molar-refractivity contribution in [3.63, 3.8) is 0 Å². The van der Waals surface area contributed by atoms with Crippen molar-refractivity contribution in [3.8, 4) is 0 Å². The van der Waals surface area contributed by atoms with E-state index in [9.17, 15) is 14.0 Å². The Labute approximate surface area is 123 Å². The molecule has 108 valence electrons. The summed E-state index contributed by atoms with van der Waals surface area (Å²) in [5.74, 6) is -1.81. The number of fused-ring (bicyclic) bond motifs is 1. The Balaban J connectivity index is 2.03. The first kappa shape index (κ1) is 13.7. The number of amides is 1. The van der Waals surface area contributed by atoms with E-state index in [2.05, 4.69) is 10.1 Å². The molecule has 2 aromatic rings. The lowest BCUT2D eigenvalue weighted by Gasteiger charge is -2.14. The molecule has 0 bridgehead atoms. The van der Waals surface area contributed by atoms with Crippen LogP contribution < -0.4 is 4.90 Å². The van der Waals surface area contributed by atoms with Crippen LogP contribution in [0.15, 0.2) is 16.7 Å². The van der Waals surface area contributed by atoms with Gasteiger partial charge in [0.15, 0.2) is 5.82 Å². The molecule has 21 heavy (non-hydrogen) atoms. The van der Waals surface area contributed by atoms with Gasteiger partial charge >= 0.3 is 0 Å². The molecule has 1 aromatic heterocycles. The Morgan fingerprint density at radius 3 is 2.81 bits per heavy atom. The molecule has 0 atom stereocenters. The molecule has 3 rings (SSSR count). The molecule has 1 aliphatic heterocycles. The fourth-order valence-electron chi connectivity index (χ4n) is 2.14. The van der Waals surface area contributed by atoms with Crippen molar-refractivity contribution >= 4 is 29.0 Å². The molecular weight excluding hydrogens is 301 g/mol. The number of hydrogen-bond donors (Lipinski definition) is 0. The van der Waals surface area contributed by atoms with Gasteiger partial charge in [-0.3, -0.25) is 14.5 Å². The first-order chi connectivity index (χ1) is 10.0. The number of benzene rings is 1. The maximum absolute atomic E-state index is 14.0. The third-order valence-electron chi connectivity index (χ3n) is 3.13. The van der Waals surface area contributed by atoms with E-state index in [-0.39, 0.29) is 28.6 Å². The van der Waals surface area contributed by atoms with Crippen LogP contribution in [0.4, 0.5) is 10.1 Å². The Hall–Kier alpha value is -2.28. The summed E-state index contributed by atoms with van der Waals surface area (Å²) in [4.78, 5) is 29.0. The van der Waals surface area contributed by atoms with Gasteiger partial charge in [-0.05, 0) is 12.1 Å². The average Bonchev–Trinajstić information content (AvgIpc) is 3.02. The Bertz CT molecular complexity index is 759. The number of rotatable bonds is 3. The number of halogens is 2. The Kier molecular flexibility index (Phi) is 3.21. The zero-order chi connectivity index (χ0) is 15.1. The molecule has 0 spiro atoms. The van der Waals surface area contributed by atoms with Gasteiger partial charge in [0.25, 0.3) is 11.7 Å². The number of aryl methyl sites for hydroxylation is 1. The van der Waals surface area contributed by atoms with Gasteiger partial charge in [0.05, 0.1) is 22.8 Å². The molecule has 0 unspecified atom stereocenters. The van der Waals surface area contributed by atoms with Crippen molar-refractivity contribution in [1.29, 1.82) is 0 Å². The number of carbonyl (C=O) groups excluding carboxylic acids is 2. The molecule has 0 saturated heterocycles. The predicted molar refractivity (Wildman–Crippen MR) is 70.6 cm³/mol. The maximum atomic E-state index is 14.0. The second-order valence-electron chi connectivity index (χ2n) is 4.43. The molecule has 6 nitrogen and oxygen atoms in total. The van der Waals surface area contributed by atoms with Crippen molar-refractivity contribution in [2.45, 2.75) is 19.9 Å². The summed E-state index contributed by atoms with van der Waals surface area (Å²) in [6.07, 6.45) is 0.538. The van der Waals surface area contributed by atoms with E-state index in [0.717, 1.165) is 11.0 Å². The normalized spacial score (nSPS) is 14.0. The van der Waals surface area contributed by atoms with E-state index < -0.39 is 17.5 Å². The quantitative estimate of drug-likeness (QED) is 0.812. The summed E-state index contributed by atoms with van der Waals surface area (Å²) in [5, 5.41) is 3.72. The number of aromatic nitrogens is 2. The molecule has 1 amide bonds. The van der Waals surface area contributed by atoms with Gasteiger partial charge in [-0.2, -0.15) is 4.98 Å². The summed E-state index contributed by atoms with van der Waals surface area (Å²) in [7, 11) is 0. The molecule has 0 fully saturated rings. The van der Waals surface area contributed by atoms with Gasteiger partial charge in [-0.15, -0.1) is 0 Å². The molecular formula is C13H9ClFN3O3. The van der Waals surface area contributed by atoms with Crippen molar-refractivity contribution in [2.24, 2.45) is 0 Å². The average molecular weight is 310 g/mol. The van der Waals surface area contributed by atoms with Crippen LogP contribution in [0.2, 0.25) is 5.02 Å². The summed E-state index contributed by atoms with van der Waals surface area (Å²) in [6.45, 7) is 1.68. The molecule has 0 radical (unpaired) electrons. The van der Waals surface area contributed by atoms with Crippen molar-refractivity contribution in [2.75, 3.05) is 4.90 Å². The number of ketones is 1. The SMILES string of the molecule is CCc1nc(CN2C(=O)C(=O)c3c(Cl)ccc(F)c32)no1. The van der Waals surface area contributed by atoms with Gasteiger partial charge in [0.1, 0.15) is 5.82 Å². The van der Waals surface area contributed by atoms with Gasteiger partial charge in [0.2, 0.25) is 5.89 Å². The van der Waals surface area contributed by atoms with E-state index in [0.29, 0.717) is 12.3 Å². The van der Waals surface area contributed by atoms with E-state index in [1.165, 1.54) is 6.07 Å². The second kappa shape index (κ2) is 4.92. The Morgan fingerprint density at radius 2 is 2.14 bits per heavy atom. The van der Waals surface area contributed by atoms with Gasteiger partial charge in [0, 0.05) is 6.42 Å². The van der Waals surface area contributed by atoms with Crippen molar-refractivity contribution in [1.82, 2.24) is 10.1 Å². The molecule has 0 saturated carbocycles. The molecule has 8 heteroatoms. The molecule has 0 aliphatic carbocycles. The minimum atomic E-state index is -0.861. The summed E-state index contributed by atoms with van der Waals surface area (Å²) >= 11 is 5.88. The predicted octanol–water partition coefficient (Wildman–Crippen LogP) is 2.15. The standard InChI is InChI=1S/C13H9ClFN3O3/c1-2-9-16-8(17-21-9)5-18-11-7(15)4-3-6(14)10(11)12(19)13(18)20/h3-4H,2,5H2,1H3. The minimum Gasteiger partial charge on any atom is -0.339 e. The van der Waals surface area contributed by atoms with Crippen LogP contribution in [0.3, 0.4) is 0 Å². The van der Waals surface area contributed by atoms with Gasteiger partial charge in [-0.1, -0.05) is 23.7 Å². The summed E-state index contributed by atoms with van der Waals surface area (Å²) < 4.78 is 18.9. The molecule has 0 N–H and O–H groups in total. The van der Waals surface area contributed by atoms with Gasteiger partial charge < -0.3 is 4.52 Å². The van der Waals surface area contributed by atoms with Crippen LogP contribution in [-0.2, 0) is 17.8 Å². The topological polar surface area (TPSA) is 76.3 Å². The third kappa shape index (κ3) is 2.09. The minimum absolute atomic E-state index is 0.0367. The number of anilines is 1. The number of Topliss-reactive ketones (excluding diaryl/α,β-unsaturated/α-hetero) is 1. The summed E-state index contributed by atoms with van der Waals surface area (Å²) in [6, 6.07) is 2.35. The van der Waals surface area contributed by atoms with Crippen LogP contribution in [0.25, 0.3) is 0 Å². The monoisotopic (exact) mass is 309 g/mol. The molecule has 1 aromatic carbocycles. The van der Waals surface area contributed by atoms with Gasteiger partial charge in [-0.25, -0.2) is 4.39 Å². The fraction of sp³-hybridized carbons (Fsp3) is 0.231. The number of nitrogens with zero attached hydrogens (tertiary/aromatic N) is 3. The zero-order valence-electron chi connectivity index (χ0n) is 10.9. The first-order valence-corrected chi connectivity index (χ1v) is 6.56. The van der Waals surface area contributed by atoms with Crippen LogP contribution >= 0.6 is 11.6 Å². The lowest BCUT2D eigenvalue weighted by Crippen LogP contribution is -2.30. The van der Waals surface area contributed by atoms with Crippen LogP contribution in [0, 0.1) is 5.82 Å². The maximum Gasteiger partial charge on any atom is 0.300 e. The van der Waals surface area contributed by atoms with Crippen LogP contribution in [0.1, 0.15) is 29.0 Å². The van der Waals surface area contributed by atoms with Crippen LogP contribution in [0.5, 0.6) is 0 Å². The number of hydrogen-bond acceptors (Lipinski definition) is 5. The summed E-state index contributed by atoms with van der Waals surface area (Å²) in [5.41, 5.74) is -0.263. The second-order valence-corrected chi connectivity index (χ2v) is 4.84. The highest BCUT2D eigenvalue weighted by atomic mass is 35.5. The smallest absolute Gasteiger partial charge is 0.300 e. The Morgan fingerprint density at radius 1 is 1.38 bits per heavy atom. The zero-order valence-corrected chi connectivity index (χ0v) is 11.6. The molecule has 2 heterocycles. The lowest BCUT2D eigenvalue weighted by molar-refractivity contribution is -0.114. The van der Waals surface area contributed by atoms with Crippen molar-refractivity contribution in [3.05, 3.63) is 40.3 Å². The van der Waals surface area contributed by atoms with Crippen LogP contribution in [-0.4, -0.2) is 21.8 Å². The molecule has 1 aliphatic rings. The highest BCUT2D eigenvalue weighted by Gasteiger charge is 2.40. The fourth-order valence-corrected chi connectivity index (χ4v) is 2.38. The van der Waals surface area contributed by atoms with Crippen molar-refractivity contribution < 1.29 is 18.5 Å². The third-order valence-corrected chi connectivity index (χ3v) is 3.44. The van der Waals surface area contributed by atoms with E-state index >= 15 is 0 Å². The number of carbonyl (C=O) groups is 2. The van der Waals surface area contributed by atoms with E-state index in [4.69, 9.17) is 16.1 Å². The largest absolute Gasteiger partial charge is 0.339 e. The lowest BCUT2D eigenvalue weighted by atomic mass is 10.1. The highest BCUT2D eigenvalue weighted by Crippen LogP contribution is 2.37. The van der Waals surface area contributed by atoms with E-state index in [1.54, 1.807) is 0 Å².